The minimum absolute atomic E-state index is 0.126. The third-order valence-electron chi connectivity index (χ3n) is 3.69. The molecule has 1 fully saturated rings. The Morgan fingerprint density at radius 3 is 2.40 bits per heavy atom. The maximum absolute atomic E-state index is 12.1. The molecule has 1 atom stereocenters. The van der Waals surface area contributed by atoms with E-state index in [9.17, 15) is 9.59 Å². The highest BCUT2D eigenvalue weighted by molar-refractivity contribution is 5.85. The molecule has 1 amide bonds. The summed E-state index contributed by atoms with van der Waals surface area (Å²) >= 11 is 0. The van der Waals surface area contributed by atoms with Crippen LogP contribution < -0.4 is 5.32 Å². The molecule has 0 aliphatic carbocycles. The lowest BCUT2D eigenvalue weighted by atomic mass is 9.97. The fourth-order valence-corrected chi connectivity index (χ4v) is 2.45. The van der Waals surface area contributed by atoms with Crippen molar-refractivity contribution >= 4 is 12.1 Å². The fraction of sp³-hybridized carbons (Fsp3) is 0.867. The van der Waals surface area contributed by atoms with Gasteiger partial charge in [-0.2, -0.15) is 0 Å². The van der Waals surface area contributed by atoms with Gasteiger partial charge in [-0.15, -0.1) is 0 Å². The van der Waals surface area contributed by atoms with Crippen LogP contribution in [0.4, 0.5) is 4.79 Å². The molecule has 5 heteroatoms. The van der Waals surface area contributed by atoms with E-state index in [1.54, 1.807) is 4.90 Å². The summed E-state index contributed by atoms with van der Waals surface area (Å²) < 4.78 is 5.06. The summed E-state index contributed by atoms with van der Waals surface area (Å²) in [6, 6.07) is 0. The highest BCUT2D eigenvalue weighted by Crippen LogP contribution is 2.18. The molecule has 1 saturated heterocycles. The van der Waals surface area contributed by atoms with Crippen LogP contribution >= 0.6 is 0 Å². The van der Waals surface area contributed by atoms with Crippen molar-refractivity contribution in [3.8, 4) is 0 Å². The summed E-state index contributed by atoms with van der Waals surface area (Å²) in [5.41, 5.74) is 0. The van der Waals surface area contributed by atoms with E-state index in [0.717, 1.165) is 51.6 Å². The Morgan fingerprint density at radius 1 is 1.10 bits per heavy atom. The predicted molar refractivity (Wildman–Crippen MR) is 78.5 cm³/mol. The molecule has 0 aromatic carbocycles. The molecule has 1 aliphatic heterocycles. The first-order chi connectivity index (χ1) is 9.69. The molecule has 0 spiro atoms. The van der Waals surface area contributed by atoms with Gasteiger partial charge in [0.1, 0.15) is 0 Å². The molecule has 20 heavy (non-hydrogen) atoms. The first kappa shape index (κ1) is 17.0. The number of esters is 1. The number of piperazine rings is 1. The number of nitrogens with one attached hydrogen (secondary N) is 1. The molecule has 1 heterocycles. The van der Waals surface area contributed by atoms with Crippen LogP contribution in [-0.4, -0.2) is 43.1 Å². The van der Waals surface area contributed by atoms with E-state index in [0.29, 0.717) is 13.1 Å². The Hall–Kier alpha value is -1.10. The van der Waals surface area contributed by atoms with Crippen LogP contribution in [0.5, 0.6) is 0 Å². The van der Waals surface area contributed by atoms with Crippen molar-refractivity contribution in [3.05, 3.63) is 0 Å². The van der Waals surface area contributed by atoms with Gasteiger partial charge in [0.25, 0.3) is 0 Å². The first-order valence-electron chi connectivity index (χ1n) is 7.90. The maximum Gasteiger partial charge on any atom is 0.417 e. The summed E-state index contributed by atoms with van der Waals surface area (Å²) in [4.78, 5) is 25.6. The number of rotatable bonds is 7. The van der Waals surface area contributed by atoms with Gasteiger partial charge in [-0.1, -0.05) is 39.5 Å². The summed E-state index contributed by atoms with van der Waals surface area (Å²) in [6.45, 7) is 6.94. The van der Waals surface area contributed by atoms with Crippen molar-refractivity contribution in [1.29, 1.82) is 0 Å². The Balaban J connectivity index is 2.40. The summed E-state index contributed by atoms with van der Waals surface area (Å²) in [5.74, 6) is -0.468. The Bertz CT molecular complexity index is 301. The third kappa shape index (κ3) is 5.90. The van der Waals surface area contributed by atoms with Crippen LogP contribution in [0.1, 0.15) is 52.4 Å². The predicted octanol–water partition coefficient (Wildman–Crippen LogP) is 2.55. The van der Waals surface area contributed by atoms with Crippen molar-refractivity contribution in [2.75, 3.05) is 26.2 Å². The number of hydrogen-bond donors (Lipinski definition) is 1. The van der Waals surface area contributed by atoms with E-state index < -0.39 is 6.09 Å². The van der Waals surface area contributed by atoms with Gasteiger partial charge in [-0.25, -0.2) is 4.79 Å². The number of carbonyl (C=O) groups excluding carboxylic acids is 2. The molecule has 1 N–H and O–H groups in total. The van der Waals surface area contributed by atoms with Crippen LogP contribution in [0, 0.1) is 5.92 Å². The van der Waals surface area contributed by atoms with Crippen LogP contribution in [0.3, 0.4) is 0 Å². The van der Waals surface area contributed by atoms with Gasteiger partial charge in [0, 0.05) is 26.2 Å². The molecular formula is C15H28N2O3. The van der Waals surface area contributed by atoms with Crippen LogP contribution in [0.15, 0.2) is 0 Å². The normalized spacial score (nSPS) is 16.8. The fourth-order valence-electron chi connectivity index (χ4n) is 2.45. The molecule has 0 radical (unpaired) electrons. The molecule has 0 aromatic rings. The van der Waals surface area contributed by atoms with E-state index in [1.165, 1.54) is 0 Å². The second-order valence-electron chi connectivity index (χ2n) is 5.41. The lowest BCUT2D eigenvalue weighted by Crippen LogP contribution is -2.47. The number of amides is 1. The van der Waals surface area contributed by atoms with Gasteiger partial charge in [0.15, 0.2) is 0 Å². The van der Waals surface area contributed by atoms with Crippen molar-refractivity contribution in [1.82, 2.24) is 10.2 Å². The second kappa shape index (κ2) is 9.75. The zero-order chi connectivity index (χ0) is 14.8. The van der Waals surface area contributed by atoms with E-state index >= 15 is 0 Å². The van der Waals surface area contributed by atoms with Crippen molar-refractivity contribution < 1.29 is 14.3 Å². The van der Waals surface area contributed by atoms with Gasteiger partial charge in [-0.05, 0) is 12.8 Å². The zero-order valence-electron chi connectivity index (χ0n) is 12.8. The van der Waals surface area contributed by atoms with Crippen molar-refractivity contribution in [3.63, 3.8) is 0 Å². The molecule has 116 valence electrons. The van der Waals surface area contributed by atoms with E-state index in [4.69, 9.17) is 4.74 Å². The van der Waals surface area contributed by atoms with Crippen LogP contribution in [0.2, 0.25) is 0 Å². The molecule has 0 saturated carbocycles. The van der Waals surface area contributed by atoms with Crippen LogP contribution in [0.25, 0.3) is 0 Å². The highest BCUT2D eigenvalue weighted by Gasteiger charge is 2.25. The molecule has 1 rings (SSSR count). The van der Waals surface area contributed by atoms with Gasteiger partial charge < -0.3 is 15.0 Å². The minimum atomic E-state index is -0.479. The van der Waals surface area contributed by atoms with Gasteiger partial charge in [0.05, 0.1) is 5.92 Å². The topological polar surface area (TPSA) is 58.6 Å². The average Bonchev–Trinajstić information content (AvgIpc) is 2.47. The Morgan fingerprint density at radius 2 is 1.80 bits per heavy atom. The van der Waals surface area contributed by atoms with Crippen molar-refractivity contribution in [2.45, 2.75) is 52.4 Å². The minimum Gasteiger partial charge on any atom is -0.376 e. The number of ether oxygens (including phenoxy) is 1. The summed E-state index contributed by atoms with van der Waals surface area (Å²) in [6.07, 6.45) is 5.37. The van der Waals surface area contributed by atoms with E-state index in [1.807, 2.05) is 0 Å². The monoisotopic (exact) mass is 284 g/mol. The van der Waals surface area contributed by atoms with Crippen molar-refractivity contribution in [2.24, 2.45) is 5.92 Å². The molecule has 1 aliphatic rings. The number of carbonyl (C=O) groups is 2. The van der Waals surface area contributed by atoms with E-state index in [-0.39, 0.29) is 11.9 Å². The molecule has 5 nitrogen and oxygen atoms in total. The Labute approximate surface area is 122 Å². The van der Waals surface area contributed by atoms with Gasteiger partial charge in [0.2, 0.25) is 0 Å². The van der Waals surface area contributed by atoms with Gasteiger partial charge >= 0.3 is 12.1 Å². The summed E-state index contributed by atoms with van der Waals surface area (Å²) in [7, 11) is 0. The van der Waals surface area contributed by atoms with Gasteiger partial charge in [-0.3, -0.25) is 4.79 Å². The molecular weight excluding hydrogens is 256 g/mol. The number of hydrogen-bond acceptors (Lipinski definition) is 4. The number of unbranched alkanes of at least 4 members (excludes halogenated alkanes) is 2. The van der Waals surface area contributed by atoms with Crippen LogP contribution in [-0.2, 0) is 9.53 Å². The number of nitrogens with zero attached hydrogens (tertiary/aromatic N) is 1. The lowest BCUT2D eigenvalue weighted by Gasteiger charge is -2.26. The Kier molecular flexibility index (Phi) is 8.26. The lowest BCUT2D eigenvalue weighted by molar-refractivity contribution is -0.143. The third-order valence-corrected chi connectivity index (χ3v) is 3.69. The smallest absolute Gasteiger partial charge is 0.376 e. The quantitative estimate of drug-likeness (QED) is 0.443. The highest BCUT2D eigenvalue weighted by atomic mass is 16.6. The SMILES string of the molecule is CCCCCC(CCC)C(=O)OC(=O)N1CCNCC1. The summed E-state index contributed by atoms with van der Waals surface area (Å²) in [5, 5.41) is 3.17. The largest absolute Gasteiger partial charge is 0.417 e. The molecule has 1 unspecified atom stereocenters. The standard InChI is InChI=1S/C15H28N2O3/c1-3-5-6-8-13(7-4-2)14(18)20-15(19)17-11-9-16-10-12-17/h13,16H,3-12H2,1-2H3. The molecule has 0 bridgehead atoms. The zero-order valence-corrected chi connectivity index (χ0v) is 12.8. The first-order valence-corrected chi connectivity index (χ1v) is 7.90. The molecule has 0 aromatic heterocycles. The second-order valence-corrected chi connectivity index (χ2v) is 5.41. The van der Waals surface area contributed by atoms with E-state index in [2.05, 4.69) is 19.2 Å². The maximum atomic E-state index is 12.1. The average molecular weight is 284 g/mol.